The summed E-state index contributed by atoms with van der Waals surface area (Å²) in [4.78, 5) is 11.8. The Morgan fingerprint density at radius 2 is 2.05 bits per heavy atom. The molecule has 112 valence electrons. The summed E-state index contributed by atoms with van der Waals surface area (Å²) in [6.45, 7) is 3.63. The van der Waals surface area contributed by atoms with Gasteiger partial charge in [0.15, 0.2) is 0 Å². The summed E-state index contributed by atoms with van der Waals surface area (Å²) in [6.07, 6.45) is 1.16. The van der Waals surface area contributed by atoms with E-state index < -0.39 is 19.3 Å². The van der Waals surface area contributed by atoms with Crippen LogP contribution in [0.25, 0.3) is 0 Å². The number of carbonyl (C=O) groups is 1. The maximum atomic E-state index is 13.2. The van der Waals surface area contributed by atoms with Crippen molar-refractivity contribution in [2.24, 2.45) is 0 Å². The second-order valence-electron chi connectivity index (χ2n) is 4.56. The van der Waals surface area contributed by atoms with E-state index in [0.717, 1.165) is 0 Å². The third-order valence-electron chi connectivity index (χ3n) is 3.23. The largest absolute Gasteiger partial charge is 0.468 e. The lowest BCUT2D eigenvalue weighted by Crippen LogP contribution is -2.38. The van der Waals surface area contributed by atoms with Crippen molar-refractivity contribution in [3.8, 4) is 0 Å². The highest BCUT2D eigenvalue weighted by atomic mass is 31.2. The number of methoxy groups -OCH3 is 1. The average molecular weight is 301 g/mol. The molecule has 1 aromatic carbocycles. The van der Waals surface area contributed by atoms with E-state index in [1.807, 2.05) is 13.8 Å². The smallest absolute Gasteiger partial charge is 0.323 e. The first-order valence-electron chi connectivity index (χ1n) is 6.62. The Balaban J connectivity index is 2.90. The maximum absolute atomic E-state index is 13.2. The van der Waals surface area contributed by atoms with E-state index in [4.69, 9.17) is 4.74 Å². The lowest BCUT2D eigenvalue weighted by molar-refractivity contribution is -0.142. The van der Waals surface area contributed by atoms with Gasteiger partial charge >= 0.3 is 5.97 Å². The summed E-state index contributed by atoms with van der Waals surface area (Å²) >= 11 is 0. The third kappa shape index (κ3) is 4.73. The SMILES string of the molecule is CCP(=O)(CC)N[C@@H](Cc1cccc(F)c1)C(=O)OC. The summed E-state index contributed by atoms with van der Waals surface area (Å²) in [6, 6.07) is 5.28. The summed E-state index contributed by atoms with van der Waals surface area (Å²) in [5, 5.41) is 2.91. The Morgan fingerprint density at radius 3 is 2.55 bits per heavy atom. The van der Waals surface area contributed by atoms with Gasteiger partial charge in [0, 0.05) is 12.3 Å². The van der Waals surface area contributed by atoms with Gasteiger partial charge in [-0.1, -0.05) is 26.0 Å². The van der Waals surface area contributed by atoms with Crippen LogP contribution in [0.3, 0.4) is 0 Å². The van der Waals surface area contributed by atoms with Crippen LogP contribution in [0.5, 0.6) is 0 Å². The highest BCUT2D eigenvalue weighted by Gasteiger charge is 2.27. The van der Waals surface area contributed by atoms with E-state index in [0.29, 0.717) is 17.9 Å². The van der Waals surface area contributed by atoms with E-state index in [-0.39, 0.29) is 12.2 Å². The number of rotatable bonds is 7. The monoisotopic (exact) mass is 301 g/mol. The predicted octanol–water partition coefficient (Wildman–Crippen LogP) is 2.82. The molecule has 0 aliphatic heterocycles. The molecule has 0 bridgehead atoms. The Labute approximate surface area is 119 Å². The highest BCUT2D eigenvalue weighted by molar-refractivity contribution is 7.61. The number of halogens is 1. The van der Waals surface area contributed by atoms with Crippen molar-refractivity contribution >= 4 is 13.3 Å². The first-order chi connectivity index (χ1) is 9.44. The Bertz CT molecular complexity index is 499. The van der Waals surface area contributed by atoms with Crippen LogP contribution < -0.4 is 5.09 Å². The fourth-order valence-electron chi connectivity index (χ4n) is 1.91. The second-order valence-corrected chi connectivity index (χ2v) is 7.86. The Hall–Kier alpha value is -1.19. The number of esters is 1. The average Bonchev–Trinajstić information content (AvgIpc) is 2.45. The van der Waals surface area contributed by atoms with E-state index >= 15 is 0 Å². The molecule has 0 spiro atoms. The molecular formula is C14H21FNO3P. The number of carbonyl (C=O) groups excluding carboxylic acids is 1. The standard InChI is InChI=1S/C14H21FNO3P/c1-4-20(18,5-2)16-13(14(17)19-3)10-11-7-6-8-12(15)9-11/h6-9,13H,4-5,10H2,1-3H3,(H,16,18)/t13-/m0/s1. The zero-order chi connectivity index (χ0) is 15.2. The first kappa shape index (κ1) is 16.9. The number of hydrogen-bond acceptors (Lipinski definition) is 3. The molecule has 0 aromatic heterocycles. The molecule has 0 fully saturated rings. The molecule has 1 atom stereocenters. The number of hydrogen-bond donors (Lipinski definition) is 1. The van der Waals surface area contributed by atoms with Gasteiger partial charge in [-0.15, -0.1) is 0 Å². The van der Waals surface area contributed by atoms with Crippen LogP contribution in [0.15, 0.2) is 24.3 Å². The van der Waals surface area contributed by atoms with E-state index in [1.165, 1.54) is 19.2 Å². The summed E-state index contributed by atoms with van der Waals surface area (Å²) < 4.78 is 30.4. The normalized spacial score (nSPS) is 13.0. The molecule has 0 radical (unpaired) electrons. The molecule has 0 amide bonds. The molecule has 0 saturated heterocycles. The van der Waals surface area contributed by atoms with Gasteiger partial charge in [-0.2, -0.15) is 0 Å². The molecule has 4 nitrogen and oxygen atoms in total. The molecule has 0 aliphatic carbocycles. The van der Waals surface area contributed by atoms with Gasteiger partial charge in [0.05, 0.1) is 7.11 Å². The van der Waals surface area contributed by atoms with Gasteiger partial charge in [0.25, 0.3) is 0 Å². The van der Waals surface area contributed by atoms with Crippen molar-refractivity contribution in [2.75, 3.05) is 19.4 Å². The van der Waals surface area contributed by atoms with Crippen LogP contribution in [0, 0.1) is 5.82 Å². The Kier molecular flexibility index (Phi) is 6.37. The molecule has 0 aliphatic rings. The van der Waals surface area contributed by atoms with Crippen molar-refractivity contribution in [1.29, 1.82) is 0 Å². The van der Waals surface area contributed by atoms with Crippen molar-refractivity contribution < 1.29 is 18.5 Å². The number of benzene rings is 1. The van der Waals surface area contributed by atoms with Gasteiger partial charge < -0.3 is 9.30 Å². The molecule has 0 saturated carbocycles. The van der Waals surface area contributed by atoms with E-state index in [2.05, 4.69) is 5.09 Å². The van der Waals surface area contributed by atoms with Crippen molar-refractivity contribution in [3.05, 3.63) is 35.6 Å². The van der Waals surface area contributed by atoms with Crippen LogP contribution in [-0.2, 0) is 20.5 Å². The zero-order valence-electron chi connectivity index (χ0n) is 12.1. The molecule has 6 heteroatoms. The molecule has 1 aromatic rings. The minimum Gasteiger partial charge on any atom is -0.468 e. The van der Waals surface area contributed by atoms with E-state index in [1.54, 1.807) is 12.1 Å². The van der Waals surface area contributed by atoms with Gasteiger partial charge in [-0.3, -0.25) is 9.88 Å². The molecule has 1 rings (SSSR count). The lowest BCUT2D eigenvalue weighted by atomic mass is 10.1. The van der Waals surface area contributed by atoms with Gasteiger partial charge in [-0.25, -0.2) is 4.39 Å². The second kappa shape index (κ2) is 7.55. The number of ether oxygens (including phenoxy) is 1. The van der Waals surface area contributed by atoms with Crippen LogP contribution in [0.4, 0.5) is 4.39 Å². The lowest BCUT2D eigenvalue weighted by Gasteiger charge is -2.23. The van der Waals surface area contributed by atoms with Crippen LogP contribution in [-0.4, -0.2) is 31.4 Å². The minimum absolute atomic E-state index is 0.244. The third-order valence-corrected chi connectivity index (χ3v) is 6.05. The minimum atomic E-state index is -2.60. The quantitative estimate of drug-likeness (QED) is 0.621. The predicted molar refractivity (Wildman–Crippen MR) is 77.7 cm³/mol. The van der Waals surface area contributed by atoms with Crippen molar-refractivity contribution in [2.45, 2.75) is 26.3 Å². The topological polar surface area (TPSA) is 55.4 Å². The van der Waals surface area contributed by atoms with Crippen LogP contribution in [0.1, 0.15) is 19.4 Å². The van der Waals surface area contributed by atoms with Crippen molar-refractivity contribution in [3.63, 3.8) is 0 Å². The fourth-order valence-corrected chi connectivity index (χ4v) is 3.49. The first-order valence-corrected chi connectivity index (χ1v) is 8.70. The molecule has 0 unspecified atom stereocenters. The fraction of sp³-hybridized carbons (Fsp3) is 0.500. The molecule has 20 heavy (non-hydrogen) atoms. The van der Waals surface area contributed by atoms with Gasteiger partial charge in [-0.05, 0) is 24.1 Å². The van der Waals surface area contributed by atoms with Crippen LogP contribution >= 0.6 is 7.29 Å². The molecule has 1 N–H and O–H groups in total. The van der Waals surface area contributed by atoms with Crippen LogP contribution in [0.2, 0.25) is 0 Å². The summed E-state index contributed by atoms with van der Waals surface area (Å²) in [5.74, 6) is -0.850. The highest BCUT2D eigenvalue weighted by Crippen LogP contribution is 2.40. The summed E-state index contributed by atoms with van der Waals surface area (Å²) in [7, 11) is -1.31. The van der Waals surface area contributed by atoms with Gasteiger partial charge in [0.2, 0.25) is 0 Å². The Morgan fingerprint density at radius 1 is 1.40 bits per heavy atom. The van der Waals surface area contributed by atoms with Crippen molar-refractivity contribution in [1.82, 2.24) is 5.09 Å². The zero-order valence-corrected chi connectivity index (χ0v) is 13.0. The molecular weight excluding hydrogens is 280 g/mol. The number of nitrogens with one attached hydrogen (secondary N) is 1. The van der Waals surface area contributed by atoms with Gasteiger partial charge in [0.1, 0.15) is 19.2 Å². The maximum Gasteiger partial charge on any atom is 0.323 e. The summed E-state index contributed by atoms with van der Waals surface area (Å²) in [5.41, 5.74) is 0.659. The molecule has 0 heterocycles. The van der Waals surface area contributed by atoms with E-state index in [9.17, 15) is 13.8 Å².